The van der Waals surface area contributed by atoms with Gasteiger partial charge in [-0.05, 0) is 19.9 Å². The zero-order valence-corrected chi connectivity index (χ0v) is 9.93. The molecule has 0 aliphatic rings. The van der Waals surface area contributed by atoms with E-state index in [1.165, 1.54) is 0 Å². The summed E-state index contributed by atoms with van der Waals surface area (Å²) in [5, 5.41) is 9.18. The molecule has 1 aromatic rings. The Morgan fingerprint density at radius 3 is 2.56 bits per heavy atom. The third-order valence-electron chi connectivity index (χ3n) is 2.19. The molecule has 0 radical (unpaired) electrons. The predicted octanol–water partition coefficient (Wildman–Crippen LogP) is 1.47. The van der Waals surface area contributed by atoms with Crippen molar-refractivity contribution in [2.75, 3.05) is 13.7 Å². The second-order valence-corrected chi connectivity index (χ2v) is 3.85. The van der Waals surface area contributed by atoms with Crippen molar-refractivity contribution in [3.05, 3.63) is 23.8 Å². The summed E-state index contributed by atoms with van der Waals surface area (Å²) >= 11 is 0. The molecule has 4 nitrogen and oxygen atoms in total. The minimum Gasteiger partial charge on any atom is -0.497 e. The maximum atomic E-state index is 9.18. The van der Waals surface area contributed by atoms with Gasteiger partial charge in [0.1, 0.15) is 18.1 Å². The lowest BCUT2D eigenvalue weighted by Gasteiger charge is -2.16. The number of ether oxygens (including phenoxy) is 2. The van der Waals surface area contributed by atoms with E-state index >= 15 is 0 Å². The molecule has 0 saturated heterocycles. The molecule has 1 aromatic carbocycles. The smallest absolute Gasteiger partial charge is 0.127 e. The van der Waals surface area contributed by atoms with Crippen LogP contribution in [0.2, 0.25) is 0 Å². The average molecular weight is 225 g/mol. The lowest BCUT2D eigenvalue weighted by molar-refractivity contribution is 0.121. The molecule has 90 valence electrons. The molecule has 0 aliphatic carbocycles. The van der Waals surface area contributed by atoms with E-state index in [-0.39, 0.29) is 12.6 Å². The Morgan fingerprint density at radius 1 is 1.38 bits per heavy atom. The van der Waals surface area contributed by atoms with Crippen molar-refractivity contribution in [2.45, 2.75) is 26.0 Å². The van der Waals surface area contributed by atoms with Crippen LogP contribution in [-0.2, 0) is 0 Å². The van der Waals surface area contributed by atoms with Crippen molar-refractivity contribution in [2.24, 2.45) is 5.73 Å². The molecule has 0 saturated carbocycles. The standard InChI is InChI=1S/C12H19NO3/c1-8(14)7-16-12-6-10(15-3)4-5-11(12)9(2)13/h4-6,8-9,14H,7,13H2,1-3H3. The first kappa shape index (κ1) is 12.8. The van der Waals surface area contributed by atoms with Crippen molar-refractivity contribution < 1.29 is 14.6 Å². The molecule has 3 N–H and O–H groups in total. The van der Waals surface area contributed by atoms with Gasteiger partial charge in [0.2, 0.25) is 0 Å². The maximum absolute atomic E-state index is 9.18. The highest BCUT2D eigenvalue weighted by Crippen LogP contribution is 2.28. The summed E-state index contributed by atoms with van der Waals surface area (Å²) in [5.74, 6) is 1.38. The number of hydrogen-bond acceptors (Lipinski definition) is 4. The summed E-state index contributed by atoms with van der Waals surface area (Å²) in [4.78, 5) is 0. The number of aliphatic hydroxyl groups is 1. The van der Waals surface area contributed by atoms with E-state index < -0.39 is 6.10 Å². The van der Waals surface area contributed by atoms with Gasteiger partial charge in [-0.3, -0.25) is 0 Å². The van der Waals surface area contributed by atoms with E-state index in [0.717, 1.165) is 5.56 Å². The zero-order chi connectivity index (χ0) is 12.1. The predicted molar refractivity (Wildman–Crippen MR) is 62.8 cm³/mol. The fourth-order valence-corrected chi connectivity index (χ4v) is 1.35. The number of benzene rings is 1. The fourth-order valence-electron chi connectivity index (χ4n) is 1.35. The Kier molecular flexibility index (Phi) is 4.58. The molecular weight excluding hydrogens is 206 g/mol. The monoisotopic (exact) mass is 225 g/mol. The van der Waals surface area contributed by atoms with Crippen molar-refractivity contribution >= 4 is 0 Å². The fraction of sp³-hybridized carbons (Fsp3) is 0.500. The number of methoxy groups -OCH3 is 1. The third kappa shape index (κ3) is 3.40. The summed E-state index contributed by atoms with van der Waals surface area (Å²) in [5.41, 5.74) is 6.73. The first-order chi connectivity index (χ1) is 7.54. The van der Waals surface area contributed by atoms with Crippen LogP contribution >= 0.6 is 0 Å². The first-order valence-corrected chi connectivity index (χ1v) is 5.29. The van der Waals surface area contributed by atoms with Crippen LogP contribution in [-0.4, -0.2) is 24.9 Å². The van der Waals surface area contributed by atoms with Gasteiger partial charge in [0, 0.05) is 17.7 Å². The Labute approximate surface area is 96.0 Å². The van der Waals surface area contributed by atoms with Crippen LogP contribution in [0.15, 0.2) is 18.2 Å². The molecule has 0 amide bonds. The molecule has 0 fully saturated rings. The van der Waals surface area contributed by atoms with Crippen LogP contribution in [0, 0.1) is 0 Å². The van der Waals surface area contributed by atoms with Crippen LogP contribution in [0.3, 0.4) is 0 Å². The van der Waals surface area contributed by atoms with Crippen LogP contribution in [0.4, 0.5) is 0 Å². The van der Waals surface area contributed by atoms with Gasteiger partial charge >= 0.3 is 0 Å². The summed E-state index contributed by atoms with van der Waals surface area (Å²) in [6.07, 6.45) is -0.507. The number of hydrogen-bond donors (Lipinski definition) is 2. The lowest BCUT2D eigenvalue weighted by Crippen LogP contribution is -2.15. The van der Waals surface area contributed by atoms with Crippen LogP contribution < -0.4 is 15.2 Å². The highest BCUT2D eigenvalue weighted by molar-refractivity contribution is 5.42. The van der Waals surface area contributed by atoms with Crippen molar-refractivity contribution in [3.63, 3.8) is 0 Å². The molecule has 0 aliphatic heterocycles. The molecule has 2 atom stereocenters. The van der Waals surface area contributed by atoms with Crippen molar-refractivity contribution in [3.8, 4) is 11.5 Å². The van der Waals surface area contributed by atoms with E-state index in [4.69, 9.17) is 15.2 Å². The van der Waals surface area contributed by atoms with E-state index in [1.54, 1.807) is 20.1 Å². The van der Waals surface area contributed by atoms with Crippen molar-refractivity contribution in [1.82, 2.24) is 0 Å². The SMILES string of the molecule is COc1ccc(C(C)N)c(OCC(C)O)c1. The topological polar surface area (TPSA) is 64.7 Å². The lowest BCUT2D eigenvalue weighted by atomic mass is 10.1. The first-order valence-electron chi connectivity index (χ1n) is 5.29. The normalized spacial score (nSPS) is 14.3. The van der Waals surface area contributed by atoms with Gasteiger partial charge in [0.25, 0.3) is 0 Å². The summed E-state index contributed by atoms with van der Waals surface area (Å²) < 4.78 is 10.6. The summed E-state index contributed by atoms with van der Waals surface area (Å²) in [6.45, 7) is 3.80. The van der Waals surface area contributed by atoms with Gasteiger partial charge in [-0.2, -0.15) is 0 Å². The Hall–Kier alpha value is -1.26. The van der Waals surface area contributed by atoms with Gasteiger partial charge in [-0.1, -0.05) is 6.07 Å². The largest absolute Gasteiger partial charge is 0.497 e. The highest BCUT2D eigenvalue weighted by Gasteiger charge is 2.10. The molecule has 2 unspecified atom stereocenters. The van der Waals surface area contributed by atoms with Crippen LogP contribution in [0.25, 0.3) is 0 Å². The maximum Gasteiger partial charge on any atom is 0.127 e. The Balaban J connectivity index is 2.91. The second kappa shape index (κ2) is 5.72. The van der Waals surface area contributed by atoms with Gasteiger partial charge in [0.05, 0.1) is 13.2 Å². The van der Waals surface area contributed by atoms with E-state index in [2.05, 4.69) is 0 Å². The molecular formula is C12H19NO3. The van der Waals surface area contributed by atoms with E-state index in [0.29, 0.717) is 11.5 Å². The highest BCUT2D eigenvalue weighted by atomic mass is 16.5. The van der Waals surface area contributed by atoms with E-state index in [1.807, 2.05) is 19.1 Å². The van der Waals surface area contributed by atoms with E-state index in [9.17, 15) is 5.11 Å². The number of aliphatic hydroxyl groups excluding tert-OH is 1. The molecule has 16 heavy (non-hydrogen) atoms. The third-order valence-corrected chi connectivity index (χ3v) is 2.19. The molecule has 1 rings (SSSR count). The van der Waals surface area contributed by atoms with Crippen LogP contribution in [0.1, 0.15) is 25.5 Å². The minimum atomic E-state index is -0.507. The molecule has 0 bridgehead atoms. The number of nitrogens with two attached hydrogens (primary N) is 1. The summed E-state index contributed by atoms with van der Waals surface area (Å²) in [7, 11) is 1.60. The molecule has 0 heterocycles. The number of rotatable bonds is 5. The van der Waals surface area contributed by atoms with Crippen molar-refractivity contribution in [1.29, 1.82) is 0 Å². The quantitative estimate of drug-likeness (QED) is 0.796. The molecule has 0 spiro atoms. The Bertz CT molecular complexity index is 337. The Morgan fingerprint density at radius 2 is 2.06 bits per heavy atom. The molecule has 4 heteroatoms. The van der Waals surface area contributed by atoms with Crippen LogP contribution in [0.5, 0.6) is 11.5 Å². The summed E-state index contributed by atoms with van der Waals surface area (Å²) in [6, 6.07) is 5.38. The minimum absolute atomic E-state index is 0.116. The molecule has 0 aromatic heterocycles. The van der Waals surface area contributed by atoms with Gasteiger partial charge < -0.3 is 20.3 Å². The van der Waals surface area contributed by atoms with Gasteiger partial charge in [-0.15, -0.1) is 0 Å². The van der Waals surface area contributed by atoms with Gasteiger partial charge in [0.15, 0.2) is 0 Å². The second-order valence-electron chi connectivity index (χ2n) is 3.85. The zero-order valence-electron chi connectivity index (χ0n) is 9.93. The van der Waals surface area contributed by atoms with Gasteiger partial charge in [-0.25, -0.2) is 0 Å². The average Bonchev–Trinajstić information content (AvgIpc) is 2.25.